The Labute approximate surface area is 132 Å². The fraction of sp³-hybridized carbons (Fsp3) is 0.231. The Bertz CT molecular complexity index is 772. The zero-order valence-electron chi connectivity index (χ0n) is 11.9. The largest absolute Gasteiger partial charge is 0.495 e. The molecule has 1 aromatic carbocycles. The number of methoxy groups -OCH3 is 1. The lowest BCUT2D eigenvalue weighted by Crippen LogP contribution is -2.26. The number of nitrogens with zero attached hydrogens (tertiary/aromatic N) is 2. The van der Waals surface area contributed by atoms with E-state index >= 15 is 0 Å². The smallest absolute Gasteiger partial charge is 0.273 e. The summed E-state index contributed by atoms with van der Waals surface area (Å²) in [6, 6.07) is 5.28. The highest BCUT2D eigenvalue weighted by molar-refractivity contribution is 7.89. The number of rotatable bonds is 6. The molecule has 0 aliphatic carbocycles. The van der Waals surface area contributed by atoms with Crippen LogP contribution in [0.4, 0.5) is 5.69 Å². The SMILES string of the molecule is COc1cc([N+](=O)[O-])ccc1S(=O)(=O)N(C)Cc1ccsc1. The van der Waals surface area contributed by atoms with Gasteiger partial charge in [0.25, 0.3) is 5.69 Å². The van der Waals surface area contributed by atoms with Crippen molar-refractivity contribution < 1.29 is 18.1 Å². The average molecular weight is 342 g/mol. The van der Waals surface area contributed by atoms with Gasteiger partial charge in [-0.3, -0.25) is 10.1 Å². The summed E-state index contributed by atoms with van der Waals surface area (Å²) in [5.74, 6) is -0.0497. The van der Waals surface area contributed by atoms with E-state index in [1.165, 1.54) is 35.9 Å². The molecule has 0 saturated carbocycles. The van der Waals surface area contributed by atoms with Crippen molar-refractivity contribution in [3.8, 4) is 5.75 Å². The zero-order chi connectivity index (χ0) is 16.3. The first-order valence-electron chi connectivity index (χ1n) is 6.16. The van der Waals surface area contributed by atoms with E-state index in [-0.39, 0.29) is 22.9 Å². The summed E-state index contributed by atoms with van der Waals surface area (Å²) in [5.41, 5.74) is 0.647. The lowest BCUT2D eigenvalue weighted by atomic mass is 10.3. The van der Waals surface area contributed by atoms with Gasteiger partial charge in [0.1, 0.15) is 10.6 Å². The quantitative estimate of drug-likeness (QED) is 0.594. The number of nitro groups is 1. The van der Waals surface area contributed by atoms with Crippen LogP contribution in [0.15, 0.2) is 39.9 Å². The van der Waals surface area contributed by atoms with E-state index in [2.05, 4.69) is 0 Å². The molecule has 118 valence electrons. The molecular formula is C13H14N2O5S2. The summed E-state index contributed by atoms with van der Waals surface area (Å²) >= 11 is 1.48. The molecule has 0 saturated heterocycles. The Morgan fingerprint density at radius 3 is 2.64 bits per heavy atom. The molecule has 22 heavy (non-hydrogen) atoms. The van der Waals surface area contributed by atoms with Gasteiger partial charge in [-0.1, -0.05) is 0 Å². The standard InChI is InChI=1S/C13H14N2O5S2/c1-14(8-10-5-6-21-9-10)22(18,19)13-4-3-11(15(16)17)7-12(13)20-2/h3-7,9H,8H2,1-2H3. The van der Waals surface area contributed by atoms with E-state index in [9.17, 15) is 18.5 Å². The van der Waals surface area contributed by atoms with Crippen LogP contribution in [0, 0.1) is 10.1 Å². The molecule has 1 heterocycles. The second kappa shape index (κ2) is 6.42. The van der Waals surface area contributed by atoms with Crippen molar-refractivity contribution in [1.82, 2.24) is 4.31 Å². The van der Waals surface area contributed by atoms with Crippen LogP contribution in [0.2, 0.25) is 0 Å². The van der Waals surface area contributed by atoms with Crippen molar-refractivity contribution in [2.45, 2.75) is 11.4 Å². The van der Waals surface area contributed by atoms with Crippen molar-refractivity contribution >= 4 is 27.0 Å². The topological polar surface area (TPSA) is 89.7 Å². The van der Waals surface area contributed by atoms with Crippen LogP contribution in [0.1, 0.15) is 5.56 Å². The average Bonchev–Trinajstić information content (AvgIpc) is 2.99. The number of non-ortho nitro benzene ring substituents is 1. The lowest BCUT2D eigenvalue weighted by molar-refractivity contribution is -0.385. The second-order valence-electron chi connectivity index (χ2n) is 4.48. The van der Waals surface area contributed by atoms with E-state index in [1.807, 2.05) is 16.8 Å². The molecule has 0 atom stereocenters. The summed E-state index contributed by atoms with van der Waals surface area (Å²) in [7, 11) is -1.08. The highest BCUT2D eigenvalue weighted by Gasteiger charge is 2.26. The summed E-state index contributed by atoms with van der Waals surface area (Å²) in [4.78, 5) is 10.1. The van der Waals surface area contributed by atoms with Crippen LogP contribution in [0.25, 0.3) is 0 Å². The van der Waals surface area contributed by atoms with E-state index < -0.39 is 14.9 Å². The zero-order valence-corrected chi connectivity index (χ0v) is 13.6. The van der Waals surface area contributed by atoms with E-state index in [1.54, 1.807) is 0 Å². The maximum atomic E-state index is 12.6. The number of benzene rings is 1. The Kier molecular flexibility index (Phi) is 4.79. The van der Waals surface area contributed by atoms with E-state index in [0.717, 1.165) is 17.7 Å². The number of hydrogen-bond donors (Lipinski definition) is 0. The number of hydrogen-bond acceptors (Lipinski definition) is 6. The van der Waals surface area contributed by atoms with Crippen LogP contribution in [0.3, 0.4) is 0 Å². The summed E-state index contributed by atoms with van der Waals surface area (Å²) in [6.07, 6.45) is 0. The third-order valence-electron chi connectivity index (χ3n) is 3.03. The predicted molar refractivity (Wildman–Crippen MR) is 82.6 cm³/mol. The maximum absolute atomic E-state index is 12.6. The Morgan fingerprint density at radius 2 is 2.09 bits per heavy atom. The molecule has 0 aliphatic rings. The highest BCUT2D eigenvalue weighted by Crippen LogP contribution is 2.30. The monoisotopic (exact) mass is 342 g/mol. The molecule has 0 fully saturated rings. The highest BCUT2D eigenvalue weighted by atomic mass is 32.2. The first-order valence-corrected chi connectivity index (χ1v) is 8.54. The van der Waals surface area contributed by atoms with Crippen LogP contribution in [-0.4, -0.2) is 31.8 Å². The molecular weight excluding hydrogens is 328 g/mol. The van der Waals surface area contributed by atoms with Gasteiger partial charge in [0.15, 0.2) is 0 Å². The van der Waals surface area contributed by atoms with Gasteiger partial charge in [-0.2, -0.15) is 15.6 Å². The second-order valence-corrected chi connectivity index (χ2v) is 7.28. The maximum Gasteiger partial charge on any atom is 0.273 e. The minimum absolute atomic E-state index is 0.0497. The van der Waals surface area contributed by atoms with Gasteiger partial charge in [0, 0.05) is 19.7 Å². The number of ether oxygens (including phenoxy) is 1. The molecule has 0 N–H and O–H groups in total. The molecule has 0 unspecified atom stereocenters. The fourth-order valence-electron chi connectivity index (χ4n) is 1.88. The summed E-state index contributed by atoms with van der Waals surface area (Å²) < 4.78 is 31.4. The van der Waals surface area contributed by atoms with Gasteiger partial charge in [0.2, 0.25) is 10.0 Å². The molecule has 0 aliphatic heterocycles. The first kappa shape index (κ1) is 16.4. The molecule has 2 aromatic rings. The van der Waals surface area contributed by atoms with Crippen LogP contribution >= 0.6 is 11.3 Å². The van der Waals surface area contributed by atoms with Crippen molar-refractivity contribution in [2.75, 3.05) is 14.2 Å². The molecule has 0 amide bonds. The molecule has 2 rings (SSSR count). The van der Waals surface area contributed by atoms with Crippen molar-refractivity contribution in [1.29, 1.82) is 0 Å². The third-order valence-corrected chi connectivity index (χ3v) is 5.61. The van der Waals surface area contributed by atoms with Gasteiger partial charge in [-0.15, -0.1) is 0 Å². The number of sulfonamides is 1. The van der Waals surface area contributed by atoms with Crippen molar-refractivity contribution in [3.63, 3.8) is 0 Å². The molecule has 1 aromatic heterocycles. The Balaban J connectivity index is 2.38. The molecule has 7 nitrogen and oxygen atoms in total. The van der Waals surface area contributed by atoms with Crippen LogP contribution in [0.5, 0.6) is 5.75 Å². The number of thiophene rings is 1. The predicted octanol–water partition coefficient (Wildman–Crippen LogP) is 2.49. The number of nitro benzene ring substituents is 1. The van der Waals surface area contributed by atoms with Gasteiger partial charge in [-0.25, -0.2) is 8.42 Å². The molecule has 0 spiro atoms. The Morgan fingerprint density at radius 1 is 1.36 bits per heavy atom. The van der Waals surface area contributed by atoms with Gasteiger partial charge in [-0.05, 0) is 28.5 Å². The molecule has 9 heteroatoms. The first-order chi connectivity index (χ1) is 10.4. The summed E-state index contributed by atoms with van der Waals surface area (Å²) in [6.45, 7) is 0.214. The minimum Gasteiger partial charge on any atom is -0.495 e. The van der Waals surface area contributed by atoms with E-state index in [0.29, 0.717) is 0 Å². The van der Waals surface area contributed by atoms with Gasteiger partial charge in [0.05, 0.1) is 18.1 Å². The van der Waals surface area contributed by atoms with Crippen LogP contribution in [-0.2, 0) is 16.6 Å². The summed E-state index contributed by atoms with van der Waals surface area (Å²) in [5, 5.41) is 14.5. The van der Waals surface area contributed by atoms with Gasteiger partial charge >= 0.3 is 0 Å². The lowest BCUT2D eigenvalue weighted by Gasteiger charge is -2.18. The minimum atomic E-state index is -3.81. The normalized spacial score (nSPS) is 11.6. The van der Waals surface area contributed by atoms with E-state index in [4.69, 9.17) is 4.74 Å². The van der Waals surface area contributed by atoms with Gasteiger partial charge < -0.3 is 4.74 Å². The molecule has 0 radical (unpaired) electrons. The van der Waals surface area contributed by atoms with Crippen LogP contribution < -0.4 is 4.74 Å². The molecule has 0 bridgehead atoms. The van der Waals surface area contributed by atoms with Crippen molar-refractivity contribution in [3.05, 3.63) is 50.7 Å². The third kappa shape index (κ3) is 3.26. The Hall–Kier alpha value is -1.97. The fourth-order valence-corrected chi connectivity index (χ4v) is 3.83. The van der Waals surface area contributed by atoms with Crippen molar-refractivity contribution in [2.24, 2.45) is 0 Å².